The first kappa shape index (κ1) is 17.2. The summed E-state index contributed by atoms with van der Waals surface area (Å²) in [6.07, 6.45) is -3.18. The zero-order valence-corrected chi connectivity index (χ0v) is 13.2. The van der Waals surface area contributed by atoms with Crippen molar-refractivity contribution < 1.29 is 22.7 Å². The van der Waals surface area contributed by atoms with E-state index in [1.54, 1.807) is 4.90 Å². The molecule has 0 unspecified atom stereocenters. The zero-order chi connectivity index (χ0) is 17.9. The van der Waals surface area contributed by atoms with Crippen LogP contribution in [0.15, 0.2) is 24.3 Å². The van der Waals surface area contributed by atoms with Gasteiger partial charge in [-0.2, -0.15) is 18.4 Å². The Bertz CT molecular complexity index is 712. The predicted octanol–water partition coefficient (Wildman–Crippen LogP) is 2.00. The van der Waals surface area contributed by atoms with E-state index in [0.29, 0.717) is 31.8 Å². The van der Waals surface area contributed by atoms with Gasteiger partial charge < -0.3 is 9.64 Å². The topological polar surface area (TPSA) is 84.0 Å². The maximum atomic E-state index is 12.9. The van der Waals surface area contributed by atoms with E-state index in [4.69, 9.17) is 4.74 Å². The molecule has 0 spiro atoms. The summed E-state index contributed by atoms with van der Waals surface area (Å²) in [4.78, 5) is 13.8. The van der Waals surface area contributed by atoms with Gasteiger partial charge in [-0.05, 0) is 25.0 Å². The number of carbonyl (C=O) groups excluding carboxylic acids is 1. The van der Waals surface area contributed by atoms with E-state index in [2.05, 4.69) is 20.6 Å². The second-order valence-corrected chi connectivity index (χ2v) is 5.71. The summed E-state index contributed by atoms with van der Waals surface area (Å²) >= 11 is 0. The molecule has 1 fully saturated rings. The minimum atomic E-state index is -4.53. The molecule has 1 amide bonds. The molecule has 1 aliphatic heterocycles. The first-order valence-electron chi connectivity index (χ1n) is 7.75. The molecule has 1 N–H and O–H groups in total. The number of aromatic nitrogens is 4. The molecule has 2 heterocycles. The molecule has 3 rings (SSSR count). The molecule has 1 saturated heterocycles. The van der Waals surface area contributed by atoms with Gasteiger partial charge in [0.1, 0.15) is 5.75 Å². The molecule has 25 heavy (non-hydrogen) atoms. The highest BCUT2D eigenvalue weighted by Gasteiger charge is 2.34. The van der Waals surface area contributed by atoms with Gasteiger partial charge in [0.2, 0.25) is 0 Å². The Morgan fingerprint density at radius 1 is 1.28 bits per heavy atom. The first-order chi connectivity index (χ1) is 11.9. The number of hydrogen-bond donors (Lipinski definition) is 1. The van der Waals surface area contributed by atoms with Crippen molar-refractivity contribution in [2.45, 2.75) is 24.9 Å². The number of hydrogen-bond acceptors (Lipinski definition) is 5. The van der Waals surface area contributed by atoms with Crippen LogP contribution in [0.25, 0.3) is 0 Å². The lowest BCUT2D eigenvalue weighted by molar-refractivity contribution is -0.141. The van der Waals surface area contributed by atoms with Crippen LogP contribution in [0.5, 0.6) is 5.75 Å². The van der Waals surface area contributed by atoms with Crippen LogP contribution >= 0.6 is 0 Å². The molecule has 0 radical (unpaired) electrons. The summed E-state index contributed by atoms with van der Waals surface area (Å²) < 4.78 is 43.9. The van der Waals surface area contributed by atoms with Crippen molar-refractivity contribution in [3.8, 4) is 5.75 Å². The van der Waals surface area contributed by atoms with Gasteiger partial charge in [0.15, 0.2) is 12.4 Å². The van der Waals surface area contributed by atoms with Gasteiger partial charge in [0, 0.05) is 19.0 Å². The largest absolute Gasteiger partial charge is 0.483 e. The molecule has 1 aliphatic rings. The maximum absolute atomic E-state index is 12.9. The molecule has 1 aromatic heterocycles. The van der Waals surface area contributed by atoms with Gasteiger partial charge in [0.25, 0.3) is 5.91 Å². The third-order valence-corrected chi connectivity index (χ3v) is 4.12. The molecule has 1 aromatic carbocycles. The van der Waals surface area contributed by atoms with Crippen molar-refractivity contribution in [2.24, 2.45) is 0 Å². The van der Waals surface area contributed by atoms with E-state index in [1.165, 1.54) is 18.2 Å². The van der Waals surface area contributed by atoms with Crippen molar-refractivity contribution in [1.29, 1.82) is 0 Å². The number of amides is 1. The van der Waals surface area contributed by atoms with Crippen molar-refractivity contribution in [1.82, 2.24) is 25.5 Å². The number of halogens is 3. The molecule has 134 valence electrons. The fraction of sp³-hybridized carbons (Fsp3) is 0.467. The Morgan fingerprint density at radius 3 is 2.64 bits per heavy atom. The molecule has 2 aromatic rings. The average Bonchev–Trinajstić information content (AvgIpc) is 3.14. The van der Waals surface area contributed by atoms with Crippen LogP contribution in [0, 0.1) is 0 Å². The van der Waals surface area contributed by atoms with Gasteiger partial charge in [-0.25, -0.2) is 0 Å². The fourth-order valence-electron chi connectivity index (χ4n) is 2.79. The Kier molecular flexibility index (Phi) is 4.86. The number of piperidine rings is 1. The number of ether oxygens (including phenoxy) is 1. The molecule has 0 atom stereocenters. The number of alkyl halides is 3. The maximum Gasteiger partial charge on any atom is 0.419 e. The SMILES string of the molecule is O=C(COc1ccccc1C(F)(F)F)N1CCC(c2nn[nH]n2)CC1. The lowest BCUT2D eigenvalue weighted by atomic mass is 9.96. The predicted molar refractivity (Wildman–Crippen MR) is 79.7 cm³/mol. The van der Waals surface area contributed by atoms with Crippen molar-refractivity contribution >= 4 is 5.91 Å². The summed E-state index contributed by atoms with van der Waals surface area (Å²) in [6.45, 7) is 0.518. The van der Waals surface area contributed by atoms with Gasteiger partial charge in [-0.1, -0.05) is 17.3 Å². The molecule has 10 heteroatoms. The third-order valence-electron chi connectivity index (χ3n) is 4.12. The summed E-state index contributed by atoms with van der Waals surface area (Å²) in [5.74, 6) is 0.0469. The van der Waals surface area contributed by atoms with Crippen LogP contribution in [0.3, 0.4) is 0 Å². The number of aromatic amines is 1. The molecular weight excluding hydrogens is 339 g/mol. The molecule has 7 nitrogen and oxygen atoms in total. The monoisotopic (exact) mass is 355 g/mol. The Hall–Kier alpha value is -2.65. The molecule has 0 saturated carbocycles. The smallest absolute Gasteiger partial charge is 0.419 e. The highest BCUT2D eigenvalue weighted by atomic mass is 19.4. The first-order valence-corrected chi connectivity index (χ1v) is 7.75. The van der Waals surface area contributed by atoms with Crippen molar-refractivity contribution in [3.63, 3.8) is 0 Å². The van der Waals surface area contributed by atoms with Gasteiger partial charge in [0.05, 0.1) is 5.56 Å². The van der Waals surface area contributed by atoms with E-state index in [1.807, 2.05) is 0 Å². The molecular formula is C15H16F3N5O2. The van der Waals surface area contributed by atoms with Crippen LogP contribution in [-0.2, 0) is 11.0 Å². The van der Waals surface area contributed by atoms with Crippen LogP contribution in [-0.4, -0.2) is 51.1 Å². The summed E-state index contributed by atoms with van der Waals surface area (Å²) in [5, 5.41) is 13.8. The Labute approximate surface area is 141 Å². The fourth-order valence-corrected chi connectivity index (χ4v) is 2.79. The van der Waals surface area contributed by atoms with E-state index < -0.39 is 18.3 Å². The molecule has 0 bridgehead atoms. The number of H-pyrrole nitrogens is 1. The zero-order valence-electron chi connectivity index (χ0n) is 13.2. The van der Waals surface area contributed by atoms with Gasteiger partial charge >= 0.3 is 6.18 Å². The Morgan fingerprint density at radius 2 is 2.00 bits per heavy atom. The van der Waals surface area contributed by atoms with Gasteiger partial charge in [-0.3, -0.25) is 4.79 Å². The number of carbonyl (C=O) groups is 1. The highest BCUT2D eigenvalue weighted by Crippen LogP contribution is 2.35. The summed E-state index contributed by atoms with van der Waals surface area (Å²) in [7, 11) is 0. The number of nitrogens with zero attached hydrogens (tertiary/aromatic N) is 4. The summed E-state index contributed by atoms with van der Waals surface area (Å²) in [6, 6.07) is 4.85. The average molecular weight is 355 g/mol. The Balaban J connectivity index is 1.54. The van der Waals surface area contributed by atoms with E-state index in [-0.39, 0.29) is 17.6 Å². The minimum Gasteiger partial charge on any atom is -0.483 e. The van der Waals surface area contributed by atoms with E-state index >= 15 is 0 Å². The number of nitrogens with one attached hydrogen (secondary N) is 1. The van der Waals surface area contributed by atoms with Crippen molar-refractivity contribution in [2.75, 3.05) is 19.7 Å². The standard InChI is InChI=1S/C15H16F3N5O2/c16-15(17,18)11-3-1-2-4-12(11)25-9-13(24)23-7-5-10(6-8-23)14-19-21-22-20-14/h1-4,10H,5-9H2,(H,19,20,21,22). The quantitative estimate of drug-likeness (QED) is 0.907. The van der Waals surface area contributed by atoms with E-state index in [0.717, 1.165) is 6.07 Å². The minimum absolute atomic E-state index is 0.120. The second-order valence-electron chi connectivity index (χ2n) is 5.71. The van der Waals surface area contributed by atoms with Crippen LogP contribution in [0.1, 0.15) is 30.1 Å². The van der Waals surface area contributed by atoms with Crippen LogP contribution in [0.4, 0.5) is 13.2 Å². The number of likely N-dealkylation sites (tertiary alicyclic amines) is 1. The normalized spacial score (nSPS) is 16.0. The number of para-hydroxylation sites is 1. The van der Waals surface area contributed by atoms with E-state index in [9.17, 15) is 18.0 Å². The highest BCUT2D eigenvalue weighted by molar-refractivity contribution is 5.78. The number of rotatable bonds is 4. The molecule has 0 aliphatic carbocycles. The number of benzene rings is 1. The summed E-state index contributed by atoms with van der Waals surface area (Å²) in [5.41, 5.74) is -0.890. The van der Waals surface area contributed by atoms with Crippen LogP contribution < -0.4 is 4.74 Å². The lowest BCUT2D eigenvalue weighted by Gasteiger charge is -2.30. The third kappa shape index (κ3) is 4.06. The number of tetrazole rings is 1. The van der Waals surface area contributed by atoms with Crippen LogP contribution in [0.2, 0.25) is 0 Å². The van der Waals surface area contributed by atoms with Crippen molar-refractivity contribution in [3.05, 3.63) is 35.7 Å². The second kappa shape index (κ2) is 7.08. The lowest BCUT2D eigenvalue weighted by Crippen LogP contribution is -2.40. The van der Waals surface area contributed by atoms with Gasteiger partial charge in [-0.15, -0.1) is 10.2 Å².